The smallest absolute Gasteiger partial charge is 0.0941 e. The van der Waals surface area contributed by atoms with Crippen LogP contribution in [0.15, 0.2) is 24.4 Å². The SMILES string of the molecule is Clc1cc2c(ccc3cn[nH]c32)s1. The Morgan fingerprint density at radius 1 is 1.38 bits per heavy atom. The highest BCUT2D eigenvalue weighted by atomic mass is 35.5. The van der Waals surface area contributed by atoms with E-state index in [9.17, 15) is 0 Å². The number of rotatable bonds is 0. The van der Waals surface area contributed by atoms with Gasteiger partial charge in [0.1, 0.15) is 0 Å². The second-order valence-electron chi connectivity index (χ2n) is 2.86. The molecule has 3 aromatic rings. The summed E-state index contributed by atoms with van der Waals surface area (Å²) >= 11 is 7.52. The molecular weight excluding hydrogens is 204 g/mol. The molecule has 0 saturated heterocycles. The predicted octanol–water partition coefficient (Wildman–Crippen LogP) is 3.43. The third kappa shape index (κ3) is 0.975. The first-order valence-corrected chi connectivity index (χ1v) is 5.05. The Hall–Kier alpha value is -1.06. The van der Waals surface area contributed by atoms with Gasteiger partial charge >= 0.3 is 0 Å². The molecule has 4 heteroatoms. The number of thiophene rings is 1. The molecule has 0 aliphatic rings. The third-order valence-corrected chi connectivity index (χ3v) is 3.31. The fourth-order valence-corrected chi connectivity index (χ4v) is 2.65. The van der Waals surface area contributed by atoms with Crippen molar-refractivity contribution in [2.75, 3.05) is 0 Å². The van der Waals surface area contributed by atoms with Crippen LogP contribution in [0.4, 0.5) is 0 Å². The van der Waals surface area contributed by atoms with Crippen LogP contribution in [0, 0.1) is 0 Å². The van der Waals surface area contributed by atoms with E-state index in [0.29, 0.717) is 0 Å². The molecule has 2 heterocycles. The van der Waals surface area contributed by atoms with E-state index in [4.69, 9.17) is 11.6 Å². The van der Waals surface area contributed by atoms with Crippen molar-refractivity contribution in [3.05, 3.63) is 28.7 Å². The highest BCUT2D eigenvalue weighted by molar-refractivity contribution is 7.22. The Morgan fingerprint density at radius 2 is 2.31 bits per heavy atom. The van der Waals surface area contributed by atoms with Crippen LogP contribution >= 0.6 is 22.9 Å². The van der Waals surface area contributed by atoms with Gasteiger partial charge in [-0.3, -0.25) is 5.10 Å². The van der Waals surface area contributed by atoms with Crippen molar-refractivity contribution < 1.29 is 0 Å². The molecule has 1 N–H and O–H groups in total. The largest absolute Gasteiger partial charge is 0.277 e. The Bertz CT molecular complexity index is 581. The van der Waals surface area contributed by atoms with Gasteiger partial charge in [-0.25, -0.2) is 0 Å². The number of aromatic amines is 1. The lowest BCUT2D eigenvalue weighted by molar-refractivity contribution is 1.12. The standard InChI is InChI=1S/C9H5ClN2S/c10-8-3-6-7(13-8)2-1-5-4-11-12-9(5)6/h1-4H,(H,11,12). The lowest BCUT2D eigenvalue weighted by Gasteiger charge is -1.89. The van der Waals surface area contributed by atoms with E-state index < -0.39 is 0 Å². The lowest BCUT2D eigenvalue weighted by Crippen LogP contribution is -1.68. The number of halogens is 1. The molecule has 0 aliphatic heterocycles. The van der Waals surface area contributed by atoms with Gasteiger partial charge in [-0.1, -0.05) is 11.6 Å². The average Bonchev–Trinajstić information content (AvgIpc) is 2.65. The van der Waals surface area contributed by atoms with Crippen molar-refractivity contribution in [2.45, 2.75) is 0 Å². The normalized spacial score (nSPS) is 11.5. The molecule has 64 valence electrons. The molecule has 0 spiro atoms. The van der Waals surface area contributed by atoms with Crippen molar-refractivity contribution >= 4 is 43.9 Å². The zero-order chi connectivity index (χ0) is 8.84. The fourth-order valence-electron chi connectivity index (χ4n) is 1.50. The maximum absolute atomic E-state index is 5.93. The summed E-state index contributed by atoms with van der Waals surface area (Å²) in [6.07, 6.45) is 1.82. The van der Waals surface area contributed by atoms with Crippen molar-refractivity contribution in [3.8, 4) is 0 Å². The molecule has 0 aliphatic carbocycles. The number of H-pyrrole nitrogens is 1. The third-order valence-electron chi connectivity index (χ3n) is 2.08. The molecule has 13 heavy (non-hydrogen) atoms. The number of hydrogen-bond acceptors (Lipinski definition) is 2. The lowest BCUT2D eigenvalue weighted by atomic mass is 10.2. The van der Waals surface area contributed by atoms with E-state index in [0.717, 1.165) is 20.6 Å². The summed E-state index contributed by atoms with van der Waals surface area (Å²) in [5.74, 6) is 0. The summed E-state index contributed by atoms with van der Waals surface area (Å²) in [4.78, 5) is 0. The number of nitrogens with one attached hydrogen (secondary N) is 1. The van der Waals surface area contributed by atoms with Gasteiger partial charge in [0.15, 0.2) is 0 Å². The van der Waals surface area contributed by atoms with Crippen LogP contribution in [-0.4, -0.2) is 10.2 Å². The zero-order valence-electron chi connectivity index (χ0n) is 6.54. The van der Waals surface area contributed by atoms with Crippen molar-refractivity contribution in [2.24, 2.45) is 0 Å². The Morgan fingerprint density at radius 3 is 3.23 bits per heavy atom. The summed E-state index contributed by atoms with van der Waals surface area (Å²) in [6, 6.07) is 6.10. The number of nitrogens with zero attached hydrogens (tertiary/aromatic N) is 1. The highest BCUT2D eigenvalue weighted by Gasteiger charge is 2.04. The predicted molar refractivity (Wildman–Crippen MR) is 56.5 cm³/mol. The van der Waals surface area contributed by atoms with Crippen molar-refractivity contribution in [1.29, 1.82) is 0 Å². The second kappa shape index (κ2) is 2.47. The van der Waals surface area contributed by atoms with Crippen LogP contribution in [0.1, 0.15) is 0 Å². The Labute approximate surface area is 83.1 Å². The van der Waals surface area contributed by atoms with E-state index in [2.05, 4.69) is 16.3 Å². The second-order valence-corrected chi connectivity index (χ2v) is 4.58. The maximum atomic E-state index is 5.93. The van der Waals surface area contributed by atoms with Crippen LogP contribution in [0.3, 0.4) is 0 Å². The first kappa shape index (κ1) is 7.35. The van der Waals surface area contributed by atoms with Gasteiger partial charge in [0.2, 0.25) is 0 Å². The minimum absolute atomic E-state index is 0.817. The monoisotopic (exact) mass is 208 g/mol. The van der Waals surface area contributed by atoms with E-state index in [1.807, 2.05) is 18.3 Å². The molecule has 0 radical (unpaired) electrons. The fraction of sp³-hybridized carbons (Fsp3) is 0. The van der Waals surface area contributed by atoms with Gasteiger partial charge < -0.3 is 0 Å². The molecule has 1 aromatic carbocycles. The van der Waals surface area contributed by atoms with E-state index in [-0.39, 0.29) is 0 Å². The molecule has 0 saturated carbocycles. The summed E-state index contributed by atoms with van der Waals surface area (Å²) < 4.78 is 2.01. The first-order chi connectivity index (χ1) is 6.34. The number of aromatic nitrogens is 2. The van der Waals surface area contributed by atoms with Gasteiger partial charge in [-0.05, 0) is 18.2 Å². The summed E-state index contributed by atoms with van der Waals surface area (Å²) in [6.45, 7) is 0. The zero-order valence-corrected chi connectivity index (χ0v) is 8.12. The quantitative estimate of drug-likeness (QED) is 0.603. The summed E-state index contributed by atoms with van der Waals surface area (Å²) in [5.41, 5.74) is 1.07. The molecule has 0 amide bonds. The number of benzene rings is 1. The molecule has 3 rings (SSSR count). The number of hydrogen-bond donors (Lipinski definition) is 1. The van der Waals surface area contributed by atoms with E-state index in [1.165, 1.54) is 4.70 Å². The first-order valence-electron chi connectivity index (χ1n) is 3.86. The summed E-state index contributed by atoms with van der Waals surface area (Å²) in [5, 5.41) is 9.26. The topological polar surface area (TPSA) is 28.7 Å². The molecule has 0 atom stereocenters. The molecular formula is C9H5ClN2S. The van der Waals surface area contributed by atoms with Gasteiger partial charge in [0, 0.05) is 15.5 Å². The minimum Gasteiger partial charge on any atom is -0.277 e. The van der Waals surface area contributed by atoms with Crippen molar-refractivity contribution in [1.82, 2.24) is 10.2 Å². The van der Waals surface area contributed by atoms with Crippen LogP contribution in [-0.2, 0) is 0 Å². The van der Waals surface area contributed by atoms with Gasteiger partial charge in [0.25, 0.3) is 0 Å². The molecule has 2 aromatic heterocycles. The van der Waals surface area contributed by atoms with Crippen LogP contribution in [0.25, 0.3) is 21.0 Å². The van der Waals surface area contributed by atoms with E-state index >= 15 is 0 Å². The molecule has 2 nitrogen and oxygen atoms in total. The Kier molecular flexibility index (Phi) is 1.39. The molecule has 0 bridgehead atoms. The average molecular weight is 209 g/mol. The molecule has 0 unspecified atom stereocenters. The molecule has 0 fully saturated rings. The van der Waals surface area contributed by atoms with Gasteiger partial charge in [0.05, 0.1) is 16.0 Å². The number of fused-ring (bicyclic) bond motifs is 3. The maximum Gasteiger partial charge on any atom is 0.0941 e. The van der Waals surface area contributed by atoms with Crippen LogP contribution < -0.4 is 0 Å². The van der Waals surface area contributed by atoms with Crippen LogP contribution in [0.2, 0.25) is 4.34 Å². The highest BCUT2D eigenvalue weighted by Crippen LogP contribution is 2.33. The van der Waals surface area contributed by atoms with Gasteiger partial charge in [-0.15, -0.1) is 11.3 Å². The Balaban J connectivity index is 2.64. The van der Waals surface area contributed by atoms with Crippen molar-refractivity contribution in [3.63, 3.8) is 0 Å². The van der Waals surface area contributed by atoms with E-state index in [1.54, 1.807) is 11.3 Å². The van der Waals surface area contributed by atoms with Gasteiger partial charge in [-0.2, -0.15) is 5.10 Å². The van der Waals surface area contributed by atoms with Crippen LogP contribution in [0.5, 0.6) is 0 Å². The summed E-state index contributed by atoms with van der Waals surface area (Å²) in [7, 11) is 0. The minimum atomic E-state index is 0.817.